The maximum absolute atomic E-state index is 13.9. The number of rotatable bonds is 7. The number of hydrogen-bond acceptors (Lipinski definition) is 4. The van der Waals surface area contributed by atoms with Crippen LogP contribution in [0, 0.1) is 17.1 Å². The molecule has 2 radical (unpaired) electrons. The van der Waals surface area contributed by atoms with Crippen molar-refractivity contribution >= 4 is 36.4 Å². The molecule has 8 heteroatoms. The van der Waals surface area contributed by atoms with Crippen molar-refractivity contribution in [2.24, 2.45) is 0 Å². The maximum Gasteiger partial charge on any atom is 0.150 e. The van der Waals surface area contributed by atoms with Gasteiger partial charge in [0.15, 0.2) is 5.69 Å². The number of fused-ring (bicyclic) bond motifs is 1. The van der Waals surface area contributed by atoms with Crippen LogP contribution in [-0.2, 0) is 0 Å². The van der Waals surface area contributed by atoms with Crippen LogP contribution in [0.3, 0.4) is 0 Å². The first-order chi connectivity index (χ1) is 18.4. The third-order valence-corrected chi connectivity index (χ3v) is 7.42. The molecule has 2 atom stereocenters. The molecule has 2 aromatic heterocycles. The van der Waals surface area contributed by atoms with Crippen molar-refractivity contribution in [2.75, 3.05) is 24.5 Å². The summed E-state index contributed by atoms with van der Waals surface area (Å²) in [6.07, 6.45) is 8.56. The average Bonchev–Trinajstić information content (AvgIpc) is 3.24. The van der Waals surface area contributed by atoms with E-state index in [0.29, 0.717) is 55.7 Å². The molecule has 1 aliphatic carbocycles. The quantitative estimate of drug-likeness (QED) is 0.321. The van der Waals surface area contributed by atoms with Crippen LogP contribution in [0.1, 0.15) is 36.6 Å². The summed E-state index contributed by atoms with van der Waals surface area (Å²) in [4.78, 5) is 9.17. The molecule has 0 amide bonds. The number of halogens is 2. The van der Waals surface area contributed by atoms with Crippen molar-refractivity contribution in [1.29, 1.82) is 5.26 Å². The number of benzene rings is 1. The van der Waals surface area contributed by atoms with Gasteiger partial charge in [0, 0.05) is 38.3 Å². The van der Waals surface area contributed by atoms with Gasteiger partial charge in [0.2, 0.25) is 0 Å². The third-order valence-electron chi connectivity index (χ3n) is 7.42. The molecule has 3 aromatic rings. The number of hydrogen-bond donors (Lipinski definition) is 0. The smallest absolute Gasteiger partial charge is 0.150 e. The Hall–Kier alpha value is -3.96. The SMILES string of the molecule is [B]c1ccc2c(n1)c(N1CCN(C(C3=CC=C(F)CC3)c3ccc(F)cc3)C(CC=C)C1)c(C#N)n2C=C. The highest BCUT2D eigenvalue weighted by molar-refractivity contribution is 6.31. The Bertz CT molecular complexity index is 1480. The van der Waals surface area contributed by atoms with Crippen LogP contribution >= 0.6 is 0 Å². The van der Waals surface area contributed by atoms with Gasteiger partial charge in [-0.3, -0.25) is 9.88 Å². The second-order valence-electron chi connectivity index (χ2n) is 9.64. The molecule has 1 fully saturated rings. The summed E-state index contributed by atoms with van der Waals surface area (Å²) in [5, 5.41) is 10.1. The van der Waals surface area contributed by atoms with Crippen LogP contribution in [0.4, 0.5) is 14.5 Å². The number of piperazine rings is 1. The summed E-state index contributed by atoms with van der Waals surface area (Å²) < 4.78 is 29.5. The summed E-state index contributed by atoms with van der Waals surface area (Å²) in [6, 6.07) is 12.4. The molecule has 0 N–H and O–H groups in total. The van der Waals surface area contributed by atoms with E-state index < -0.39 is 0 Å². The first kappa shape index (κ1) is 25.7. The molecule has 1 saturated heterocycles. The molecule has 1 aliphatic heterocycles. The van der Waals surface area contributed by atoms with E-state index >= 15 is 0 Å². The minimum atomic E-state index is -0.294. The Morgan fingerprint density at radius 1 is 1.11 bits per heavy atom. The van der Waals surface area contributed by atoms with Gasteiger partial charge in [0.1, 0.15) is 36.8 Å². The standard InChI is InChI=1S/C30H28BF2N5/c1-3-5-24-19-36(30-26(18-34)37(4-2)25-14-15-27(31)35-28(25)30)16-17-38(24)29(20-6-10-22(32)11-7-20)21-8-12-23(33)13-9-21/h3-4,6-8,10-12,14-15,24,29H,1-2,5,9,13,16-17,19H2. The zero-order chi connectivity index (χ0) is 26.8. The normalized spacial score (nSPS) is 19.0. The molecule has 0 bridgehead atoms. The van der Waals surface area contributed by atoms with Gasteiger partial charge in [0.05, 0.1) is 11.6 Å². The lowest BCUT2D eigenvalue weighted by Gasteiger charge is -2.47. The van der Waals surface area contributed by atoms with E-state index in [9.17, 15) is 14.0 Å². The Morgan fingerprint density at radius 2 is 1.89 bits per heavy atom. The summed E-state index contributed by atoms with van der Waals surface area (Å²) in [5.41, 5.74) is 5.08. The van der Waals surface area contributed by atoms with Crippen molar-refractivity contribution in [3.8, 4) is 6.07 Å². The van der Waals surface area contributed by atoms with Gasteiger partial charge in [-0.05, 0) is 59.9 Å². The van der Waals surface area contributed by atoms with Gasteiger partial charge in [-0.15, -0.1) is 6.58 Å². The van der Waals surface area contributed by atoms with E-state index in [2.05, 4.69) is 34.0 Å². The Labute approximate surface area is 223 Å². The minimum absolute atomic E-state index is 0.0303. The summed E-state index contributed by atoms with van der Waals surface area (Å²) in [7, 11) is 6.04. The molecule has 0 spiro atoms. The van der Waals surface area contributed by atoms with Crippen LogP contribution in [0.25, 0.3) is 17.2 Å². The lowest BCUT2D eigenvalue weighted by Crippen LogP contribution is -2.54. The molecule has 1 aromatic carbocycles. The minimum Gasteiger partial charge on any atom is -0.365 e. The lowest BCUT2D eigenvalue weighted by molar-refractivity contribution is 0.135. The van der Waals surface area contributed by atoms with Gasteiger partial charge < -0.3 is 9.47 Å². The van der Waals surface area contributed by atoms with E-state index in [-0.39, 0.29) is 23.7 Å². The molecular formula is C30H28BF2N5. The summed E-state index contributed by atoms with van der Waals surface area (Å²) in [5.74, 6) is -0.425. The van der Waals surface area contributed by atoms with Gasteiger partial charge in [-0.1, -0.05) is 30.9 Å². The largest absolute Gasteiger partial charge is 0.365 e. The Balaban J connectivity index is 1.56. The predicted octanol–water partition coefficient (Wildman–Crippen LogP) is 5.32. The lowest BCUT2D eigenvalue weighted by atomic mass is 9.88. The van der Waals surface area contributed by atoms with Crippen LogP contribution in [-0.4, -0.2) is 48.0 Å². The van der Waals surface area contributed by atoms with E-state index in [0.717, 1.165) is 22.3 Å². The van der Waals surface area contributed by atoms with E-state index in [4.69, 9.17) is 7.85 Å². The second-order valence-corrected chi connectivity index (χ2v) is 9.64. The molecule has 38 heavy (non-hydrogen) atoms. The Morgan fingerprint density at radius 3 is 2.55 bits per heavy atom. The fourth-order valence-electron chi connectivity index (χ4n) is 5.71. The van der Waals surface area contributed by atoms with Crippen molar-refractivity contribution in [3.63, 3.8) is 0 Å². The van der Waals surface area contributed by atoms with Crippen LogP contribution in [0.2, 0.25) is 0 Å². The number of nitrogens with zero attached hydrogens (tertiary/aromatic N) is 5. The second kappa shape index (κ2) is 10.8. The molecule has 2 unspecified atom stereocenters. The van der Waals surface area contributed by atoms with Crippen LogP contribution < -0.4 is 10.5 Å². The van der Waals surface area contributed by atoms with Crippen molar-refractivity contribution in [2.45, 2.75) is 31.3 Å². The third kappa shape index (κ3) is 4.70. The highest BCUT2D eigenvalue weighted by atomic mass is 19.1. The van der Waals surface area contributed by atoms with Crippen molar-refractivity contribution in [3.05, 3.63) is 96.3 Å². The first-order valence-corrected chi connectivity index (χ1v) is 12.7. The van der Waals surface area contributed by atoms with Crippen molar-refractivity contribution < 1.29 is 8.78 Å². The highest BCUT2D eigenvalue weighted by Gasteiger charge is 2.36. The van der Waals surface area contributed by atoms with Crippen LogP contribution in [0.15, 0.2) is 79.2 Å². The van der Waals surface area contributed by atoms with Gasteiger partial charge in [0.25, 0.3) is 0 Å². The number of pyridine rings is 1. The predicted molar refractivity (Wildman–Crippen MR) is 149 cm³/mol. The number of nitriles is 1. The zero-order valence-electron chi connectivity index (χ0n) is 21.2. The maximum atomic E-state index is 13.9. The summed E-state index contributed by atoms with van der Waals surface area (Å²) >= 11 is 0. The van der Waals surface area contributed by atoms with Gasteiger partial charge >= 0.3 is 0 Å². The topological polar surface area (TPSA) is 48.1 Å². The fraction of sp³-hybridized carbons (Fsp3) is 0.267. The highest BCUT2D eigenvalue weighted by Crippen LogP contribution is 2.40. The molecule has 5 nitrogen and oxygen atoms in total. The van der Waals surface area contributed by atoms with E-state index in [1.807, 2.05) is 30.4 Å². The molecule has 3 heterocycles. The first-order valence-electron chi connectivity index (χ1n) is 12.7. The molecule has 190 valence electrons. The fourth-order valence-corrected chi connectivity index (χ4v) is 5.71. The van der Waals surface area contributed by atoms with Gasteiger partial charge in [-0.2, -0.15) is 5.26 Å². The average molecular weight is 507 g/mol. The molecule has 0 saturated carbocycles. The number of anilines is 1. The van der Waals surface area contributed by atoms with E-state index in [1.54, 1.807) is 16.8 Å². The van der Waals surface area contributed by atoms with Gasteiger partial charge in [-0.25, -0.2) is 8.78 Å². The van der Waals surface area contributed by atoms with Crippen molar-refractivity contribution in [1.82, 2.24) is 14.5 Å². The molecular weight excluding hydrogens is 479 g/mol. The summed E-state index contributed by atoms with van der Waals surface area (Å²) in [6.45, 7) is 9.80. The monoisotopic (exact) mass is 507 g/mol. The zero-order valence-corrected chi connectivity index (χ0v) is 21.2. The molecule has 5 rings (SSSR count). The van der Waals surface area contributed by atoms with E-state index in [1.165, 1.54) is 18.2 Å². The molecule has 2 aliphatic rings. The number of aromatic nitrogens is 2. The van der Waals surface area contributed by atoms with Crippen LogP contribution in [0.5, 0.6) is 0 Å². The Kier molecular flexibility index (Phi) is 7.30. The number of allylic oxidation sites excluding steroid dienone is 3.